The quantitative estimate of drug-likeness (QED) is 0.355. The second kappa shape index (κ2) is 9.92. The van der Waals surface area contributed by atoms with E-state index >= 15 is 0 Å². The van der Waals surface area contributed by atoms with Crippen LogP contribution in [-0.4, -0.2) is 36.5 Å². The summed E-state index contributed by atoms with van der Waals surface area (Å²) in [6.07, 6.45) is 3.59. The molecule has 0 saturated carbocycles. The minimum absolute atomic E-state index is 0. The zero-order valence-corrected chi connectivity index (χ0v) is 19.9. The first-order valence-electron chi connectivity index (χ1n) is 9.45. The molecule has 0 saturated heterocycles. The smallest absolute Gasteiger partial charge is 0.269 e. The van der Waals surface area contributed by atoms with Crippen molar-refractivity contribution in [1.82, 2.24) is 19.3 Å². The molecule has 2 N–H and O–H groups in total. The number of hydrogen-bond donors (Lipinski definition) is 2. The van der Waals surface area contributed by atoms with Crippen LogP contribution in [0.5, 0.6) is 5.88 Å². The summed E-state index contributed by atoms with van der Waals surface area (Å²) in [4.78, 5) is 7.54. The predicted molar refractivity (Wildman–Crippen MR) is 128 cm³/mol. The number of aromatic nitrogens is 3. The van der Waals surface area contributed by atoms with Gasteiger partial charge in [0, 0.05) is 36.1 Å². The summed E-state index contributed by atoms with van der Waals surface area (Å²) < 4.78 is 46.4. The Labute approximate surface area is 201 Å². The van der Waals surface area contributed by atoms with Crippen molar-refractivity contribution in [2.24, 2.45) is 0 Å². The second-order valence-corrected chi connectivity index (χ2v) is 9.05. The van der Waals surface area contributed by atoms with Crippen molar-refractivity contribution >= 4 is 56.3 Å². The third-order valence-corrected chi connectivity index (χ3v) is 6.70. The molecule has 0 spiro atoms. The fourth-order valence-corrected chi connectivity index (χ4v) is 4.85. The molecule has 174 valence electrons. The number of fused-ring (bicyclic) bond motifs is 1. The van der Waals surface area contributed by atoms with Crippen molar-refractivity contribution in [3.63, 3.8) is 0 Å². The minimum Gasteiger partial charge on any atom is -0.481 e. The summed E-state index contributed by atoms with van der Waals surface area (Å²) in [6, 6.07) is 9.60. The molecule has 4 aromatic rings. The number of rotatable bonds is 7. The summed E-state index contributed by atoms with van der Waals surface area (Å²) in [7, 11) is -0.831. The van der Waals surface area contributed by atoms with E-state index in [2.05, 4.69) is 20.6 Å². The van der Waals surface area contributed by atoms with E-state index in [0.29, 0.717) is 29.3 Å². The van der Waals surface area contributed by atoms with Crippen molar-refractivity contribution in [2.45, 2.75) is 11.4 Å². The average molecular weight is 512 g/mol. The molecule has 0 bridgehead atoms. The molecular weight excluding hydrogens is 492 g/mol. The van der Waals surface area contributed by atoms with E-state index in [1.165, 1.54) is 13.3 Å². The fraction of sp³-hybridized carbons (Fsp3) is 0.143. The number of nitrogens with one attached hydrogen (secondary N) is 2. The number of benzene rings is 1. The van der Waals surface area contributed by atoms with E-state index in [9.17, 15) is 12.8 Å². The first-order valence-corrected chi connectivity index (χ1v) is 11.3. The van der Waals surface area contributed by atoms with Gasteiger partial charge in [-0.1, -0.05) is 17.7 Å². The molecule has 4 rings (SSSR count). The van der Waals surface area contributed by atoms with Crippen molar-refractivity contribution in [2.75, 3.05) is 19.5 Å². The van der Waals surface area contributed by atoms with Crippen LogP contribution in [0.25, 0.3) is 10.9 Å². The largest absolute Gasteiger partial charge is 0.481 e. The van der Waals surface area contributed by atoms with Crippen LogP contribution in [0.3, 0.4) is 0 Å². The number of halogens is 3. The van der Waals surface area contributed by atoms with Gasteiger partial charge in [0.1, 0.15) is 10.7 Å². The molecule has 3 heterocycles. The topological polar surface area (TPSA) is 98.1 Å². The van der Waals surface area contributed by atoms with Gasteiger partial charge in [0.05, 0.1) is 24.5 Å². The highest BCUT2D eigenvalue weighted by Gasteiger charge is 2.22. The number of pyridine rings is 2. The molecular formula is C21H20Cl2FN5O3S. The van der Waals surface area contributed by atoms with Gasteiger partial charge >= 0.3 is 0 Å². The molecule has 1 aromatic carbocycles. The summed E-state index contributed by atoms with van der Waals surface area (Å²) in [5.74, 6) is -0.363. The van der Waals surface area contributed by atoms with Gasteiger partial charge in [-0.05, 0) is 36.9 Å². The fourth-order valence-electron chi connectivity index (χ4n) is 3.30. The summed E-state index contributed by atoms with van der Waals surface area (Å²) >= 11 is 6.21. The van der Waals surface area contributed by atoms with Gasteiger partial charge in [0.2, 0.25) is 5.88 Å². The lowest BCUT2D eigenvalue weighted by Gasteiger charge is -2.11. The molecule has 0 atom stereocenters. The second-order valence-electron chi connectivity index (χ2n) is 6.87. The number of anilines is 2. The monoisotopic (exact) mass is 511 g/mol. The number of nitrogens with zero attached hydrogens (tertiary/aromatic N) is 3. The van der Waals surface area contributed by atoms with Crippen LogP contribution in [0.4, 0.5) is 15.8 Å². The van der Waals surface area contributed by atoms with Gasteiger partial charge in [-0.2, -0.15) is 4.98 Å². The Morgan fingerprint density at radius 1 is 1.18 bits per heavy atom. The lowest BCUT2D eigenvalue weighted by molar-refractivity contribution is 0.398. The highest BCUT2D eigenvalue weighted by Crippen LogP contribution is 2.31. The number of methoxy groups -OCH3 is 1. The maximum absolute atomic E-state index is 13.7. The molecule has 0 unspecified atom stereocenters. The van der Waals surface area contributed by atoms with E-state index in [0.717, 1.165) is 33.4 Å². The lowest BCUT2D eigenvalue weighted by atomic mass is 10.1. The standard InChI is InChI=1S/C21H19ClFN5O3S.ClH/c1-24-9-13-12-28(32(29,30)16-7-14(23)10-25-11-16)19-8-15(3-4-17(13)19)26-18-5-6-20(31-2)27-21(18)22;/h3-8,10-12,24,26H,9H2,1-2H3;1H. The Morgan fingerprint density at radius 2 is 1.97 bits per heavy atom. The molecule has 0 radical (unpaired) electrons. The number of ether oxygens (including phenoxy) is 1. The third-order valence-electron chi connectivity index (χ3n) is 4.77. The summed E-state index contributed by atoms with van der Waals surface area (Å²) in [5.41, 5.74) is 2.31. The Balaban J connectivity index is 0.00000306. The van der Waals surface area contributed by atoms with E-state index in [4.69, 9.17) is 16.3 Å². The van der Waals surface area contributed by atoms with Crippen molar-refractivity contribution in [3.8, 4) is 5.88 Å². The Morgan fingerprint density at radius 3 is 2.64 bits per heavy atom. The first-order chi connectivity index (χ1) is 15.3. The normalized spacial score (nSPS) is 11.3. The molecule has 8 nitrogen and oxygen atoms in total. The van der Waals surface area contributed by atoms with Crippen LogP contribution in [0.15, 0.2) is 59.9 Å². The van der Waals surface area contributed by atoms with E-state index < -0.39 is 15.8 Å². The van der Waals surface area contributed by atoms with Gasteiger partial charge in [0.15, 0.2) is 5.15 Å². The Hall–Kier alpha value is -2.92. The maximum Gasteiger partial charge on any atom is 0.269 e. The maximum atomic E-state index is 13.7. The van der Waals surface area contributed by atoms with Crippen LogP contribution in [0, 0.1) is 5.82 Å². The number of hydrogen-bond acceptors (Lipinski definition) is 7. The zero-order chi connectivity index (χ0) is 22.9. The molecule has 0 aliphatic rings. The van der Waals surface area contributed by atoms with Crippen molar-refractivity contribution in [1.29, 1.82) is 0 Å². The van der Waals surface area contributed by atoms with Crippen LogP contribution in [0.2, 0.25) is 5.15 Å². The lowest BCUT2D eigenvalue weighted by Crippen LogP contribution is -2.13. The molecule has 33 heavy (non-hydrogen) atoms. The molecule has 0 aliphatic heterocycles. The van der Waals surface area contributed by atoms with Crippen molar-refractivity contribution in [3.05, 3.63) is 71.5 Å². The average Bonchev–Trinajstić information content (AvgIpc) is 3.14. The van der Waals surface area contributed by atoms with Crippen LogP contribution in [0.1, 0.15) is 5.56 Å². The first kappa shape index (κ1) is 24.7. The predicted octanol–water partition coefficient (Wildman–Crippen LogP) is 4.35. The van der Waals surface area contributed by atoms with Gasteiger partial charge in [-0.15, -0.1) is 12.4 Å². The molecule has 0 aliphatic carbocycles. The highest BCUT2D eigenvalue weighted by atomic mass is 35.5. The van der Waals surface area contributed by atoms with Gasteiger partial charge in [-0.25, -0.2) is 16.8 Å². The van der Waals surface area contributed by atoms with Crippen LogP contribution in [-0.2, 0) is 16.6 Å². The summed E-state index contributed by atoms with van der Waals surface area (Å²) in [5, 5.41) is 7.10. The molecule has 0 amide bonds. The van der Waals surface area contributed by atoms with Gasteiger partial charge in [0.25, 0.3) is 10.0 Å². The van der Waals surface area contributed by atoms with E-state index in [1.54, 1.807) is 25.2 Å². The minimum atomic E-state index is -4.09. The van der Waals surface area contributed by atoms with Gasteiger partial charge in [-0.3, -0.25) is 4.98 Å². The van der Waals surface area contributed by atoms with Gasteiger partial charge < -0.3 is 15.4 Å². The molecule has 12 heteroatoms. The summed E-state index contributed by atoms with van der Waals surface area (Å²) in [6.45, 7) is 0.446. The molecule has 0 fully saturated rings. The van der Waals surface area contributed by atoms with Crippen LogP contribution >= 0.6 is 24.0 Å². The Bertz CT molecular complexity index is 1410. The Kier molecular flexibility index (Phi) is 7.43. The SMILES string of the molecule is CNCc1cn(S(=O)(=O)c2cncc(F)c2)c2cc(Nc3ccc(OC)nc3Cl)ccc12.Cl. The van der Waals surface area contributed by atoms with E-state index in [1.807, 2.05) is 12.1 Å². The van der Waals surface area contributed by atoms with Crippen LogP contribution < -0.4 is 15.4 Å². The third kappa shape index (κ3) is 4.88. The highest BCUT2D eigenvalue weighted by molar-refractivity contribution is 7.90. The van der Waals surface area contributed by atoms with Crippen molar-refractivity contribution < 1.29 is 17.5 Å². The molecule has 3 aromatic heterocycles. The van der Waals surface area contributed by atoms with E-state index in [-0.39, 0.29) is 22.5 Å². The zero-order valence-electron chi connectivity index (χ0n) is 17.5.